The number of rotatable bonds is 7. The van der Waals surface area contributed by atoms with Crippen LogP contribution in [0.3, 0.4) is 0 Å². The Morgan fingerprint density at radius 1 is 1.14 bits per heavy atom. The number of ether oxygens (including phenoxy) is 1. The molecule has 1 aliphatic rings. The minimum atomic E-state index is -0.789. The fourth-order valence-electron chi connectivity index (χ4n) is 4.23. The van der Waals surface area contributed by atoms with Crippen LogP contribution in [0.4, 0.5) is 0 Å². The van der Waals surface area contributed by atoms with Crippen molar-refractivity contribution in [3.8, 4) is 5.75 Å². The van der Waals surface area contributed by atoms with E-state index < -0.39 is 17.7 Å². The maximum atomic E-state index is 13.3. The van der Waals surface area contributed by atoms with E-state index in [1.807, 2.05) is 37.3 Å². The predicted molar refractivity (Wildman–Crippen MR) is 135 cm³/mol. The highest BCUT2D eigenvalue weighted by molar-refractivity contribution is 6.47. The second-order valence-electron chi connectivity index (χ2n) is 8.68. The lowest BCUT2D eigenvalue weighted by Gasteiger charge is -2.26. The van der Waals surface area contributed by atoms with Gasteiger partial charge in [-0.3, -0.25) is 14.6 Å². The first-order valence-electron chi connectivity index (χ1n) is 11.5. The maximum Gasteiger partial charge on any atom is 0.295 e. The highest BCUT2D eigenvalue weighted by Gasteiger charge is 2.46. The van der Waals surface area contributed by atoms with Gasteiger partial charge >= 0.3 is 0 Å². The smallest absolute Gasteiger partial charge is 0.295 e. The Kier molecular flexibility index (Phi) is 7.22. The second-order valence-corrected chi connectivity index (χ2v) is 9.09. The number of amides is 1. The molecule has 0 aliphatic carbocycles. The first-order valence-corrected chi connectivity index (χ1v) is 11.9. The zero-order chi connectivity index (χ0) is 25.1. The number of aromatic nitrogens is 1. The molecule has 180 valence electrons. The predicted octanol–water partition coefficient (Wildman–Crippen LogP) is 5.88. The quantitative estimate of drug-likeness (QED) is 0.254. The SMILES string of the molecule is CCOc1ccc(Cl)c(/C(O)=C2\C(=O)C(=O)N(Cc3cccnc3)C2c2ccc(C(C)C)cc2)c1. The number of aliphatic hydroxyl groups excluding tert-OH is 1. The topological polar surface area (TPSA) is 79.7 Å². The number of nitrogens with zero attached hydrogens (tertiary/aromatic N) is 2. The van der Waals surface area contributed by atoms with Crippen molar-refractivity contribution in [1.82, 2.24) is 9.88 Å². The number of aliphatic hydroxyl groups is 1. The van der Waals surface area contributed by atoms with Gasteiger partial charge in [-0.05, 0) is 53.8 Å². The van der Waals surface area contributed by atoms with Gasteiger partial charge in [-0.1, -0.05) is 55.8 Å². The molecule has 4 rings (SSSR count). The third kappa shape index (κ3) is 4.93. The fourth-order valence-corrected chi connectivity index (χ4v) is 4.44. The van der Waals surface area contributed by atoms with Gasteiger partial charge in [0.15, 0.2) is 0 Å². The lowest BCUT2D eigenvalue weighted by Crippen LogP contribution is -2.29. The lowest BCUT2D eigenvalue weighted by atomic mass is 9.93. The summed E-state index contributed by atoms with van der Waals surface area (Å²) in [7, 11) is 0. The van der Waals surface area contributed by atoms with Crippen LogP contribution in [0, 0.1) is 0 Å². The van der Waals surface area contributed by atoms with E-state index in [4.69, 9.17) is 16.3 Å². The molecule has 1 N–H and O–H groups in total. The minimum Gasteiger partial charge on any atom is -0.507 e. The molecule has 1 fully saturated rings. The molecular weight excluding hydrogens is 464 g/mol. The Labute approximate surface area is 209 Å². The van der Waals surface area contributed by atoms with Crippen LogP contribution in [0.1, 0.15) is 55.0 Å². The molecule has 7 heteroatoms. The Morgan fingerprint density at radius 3 is 2.51 bits per heavy atom. The maximum absolute atomic E-state index is 13.3. The summed E-state index contributed by atoms with van der Waals surface area (Å²) in [5, 5.41) is 11.6. The molecule has 1 atom stereocenters. The van der Waals surface area contributed by atoms with E-state index in [2.05, 4.69) is 18.8 Å². The van der Waals surface area contributed by atoms with Gasteiger partial charge < -0.3 is 14.7 Å². The molecular formula is C28H27ClN2O4. The van der Waals surface area contributed by atoms with E-state index in [9.17, 15) is 14.7 Å². The van der Waals surface area contributed by atoms with Gasteiger partial charge in [-0.15, -0.1) is 0 Å². The first kappa shape index (κ1) is 24.5. The van der Waals surface area contributed by atoms with Crippen LogP contribution in [-0.4, -0.2) is 33.3 Å². The van der Waals surface area contributed by atoms with E-state index in [0.717, 1.165) is 16.7 Å². The molecule has 1 amide bonds. The van der Waals surface area contributed by atoms with Crippen molar-refractivity contribution in [2.75, 3.05) is 6.61 Å². The summed E-state index contributed by atoms with van der Waals surface area (Å²) >= 11 is 6.40. The summed E-state index contributed by atoms with van der Waals surface area (Å²) in [5.41, 5.74) is 2.85. The van der Waals surface area contributed by atoms with Crippen molar-refractivity contribution in [2.24, 2.45) is 0 Å². The van der Waals surface area contributed by atoms with E-state index in [1.165, 1.54) is 4.90 Å². The Hall–Kier alpha value is -3.64. The Bertz CT molecular complexity index is 1270. The highest BCUT2D eigenvalue weighted by Crippen LogP contribution is 2.42. The number of hydrogen-bond acceptors (Lipinski definition) is 5. The molecule has 3 aromatic rings. The molecule has 0 radical (unpaired) electrons. The van der Waals surface area contributed by atoms with Crippen LogP contribution in [0.5, 0.6) is 5.75 Å². The molecule has 1 aromatic heterocycles. The number of likely N-dealkylation sites (tertiary alicyclic amines) is 1. The normalized spacial score (nSPS) is 17.3. The number of hydrogen-bond donors (Lipinski definition) is 1. The van der Waals surface area contributed by atoms with Crippen LogP contribution in [-0.2, 0) is 16.1 Å². The number of carbonyl (C=O) groups is 2. The van der Waals surface area contributed by atoms with Gasteiger partial charge in [-0.2, -0.15) is 0 Å². The van der Waals surface area contributed by atoms with Gasteiger partial charge in [0, 0.05) is 24.5 Å². The standard InChI is InChI=1S/C28H27ClN2O4/c1-4-35-21-11-12-23(29)22(14-21)26(32)24-25(20-9-7-19(8-10-20)17(2)3)31(28(34)27(24)33)16-18-6-5-13-30-15-18/h5-15,17,25,32H,4,16H2,1-3H3/b26-24+. The van der Waals surface area contributed by atoms with Crippen LogP contribution in [0.25, 0.3) is 5.76 Å². The van der Waals surface area contributed by atoms with Crippen molar-refractivity contribution in [3.63, 3.8) is 0 Å². The third-order valence-corrected chi connectivity index (χ3v) is 6.37. The van der Waals surface area contributed by atoms with E-state index in [0.29, 0.717) is 18.3 Å². The highest BCUT2D eigenvalue weighted by atomic mass is 35.5. The molecule has 1 aliphatic heterocycles. The lowest BCUT2D eigenvalue weighted by molar-refractivity contribution is -0.140. The molecule has 0 saturated carbocycles. The Morgan fingerprint density at radius 2 is 1.89 bits per heavy atom. The second kappa shape index (κ2) is 10.3. The van der Waals surface area contributed by atoms with E-state index >= 15 is 0 Å². The number of Topliss-reactive ketones (excluding diaryl/α,β-unsaturated/α-hetero) is 1. The van der Waals surface area contributed by atoms with Gasteiger partial charge in [0.25, 0.3) is 11.7 Å². The third-order valence-electron chi connectivity index (χ3n) is 6.04. The van der Waals surface area contributed by atoms with Gasteiger partial charge in [0.05, 0.1) is 23.2 Å². The average molecular weight is 491 g/mol. The summed E-state index contributed by atoms with van der Waals surface area (Å²) in [6, 6.07) is 15.4. The molecule has 0 spiro atoms. The Balaban J connectivity index is 1.87. The van der Waals surface area contributed by atoms with Crippen molar-refractivity contribution in [3.05, 3.63) is 99.8 Å². The molecule has 1 unspecified atom stereocenters. The van der Waals surface area contributed by atoms with E-state index in [1.54, 1.807) is 36.7 Å². The number of carbonyl (C=O) groups excluding carboxylic acids is 2. The largest absolute Gasteiger partial charge is 0.507 e. The molecule has 2 aromatic carbocycles. The van der Waals surface area contributed by atoms with Gasteiger partial charge in [0.1, 0.15) is 11.5 Å². The molecule has 6 nitrogen and oxygen atoms in total. The van der Waals surface area contributed by atoms with Crippen LogP contribution in [0.15, 0.2) is 72.6 Å². The first-order chi connectivity index (χ1) is 16.8. The van der Waals surface area contributed by atoms with Crippen LogP contribution in [0.2, 0.25) is 5.02 Å². The average Bonchev–Trinajstić information content (AvgIpc) is 3.10. The van der Waals surface area contributed by atoms with Gasteiger partial charge in [0.2, 0.25) is 0 Å². The number of ketones is 1. The minimum absolute atomic E-state index is 0.00765. The summed E-state index contributed by atoms with van der Waals surface area (Å²) in [5.74, 6) is -0.957. The molecule has 1 saturated heterocycles. The van der Waals surface area contributed by atoms with Crippen molar-refractivity contribution >= 4 is 29.1 Å². The van der Waals surface area contributed by atoms with Gasteiger partial charge in [-0.25, -0.2) is 0 Å². The monoisotopic (exact) mass is 490 g/mol. The summed E-state index contributed by atoms with van der Waals surface area (Å²) in [6.07, 6.45) is 3.30. The number of pyridine rings is 1. The number of benzene rings is 2. The summed E-state index contributed by atoms with van der Waals surface area (Å²) in [4.78, 5) is 32.1. The molecule has 2 heterocycles. The molecule has 35 heavy (non-hydrogen) atoms. The van der Waals surface area contributed by atoms with Crippen LogP contribution < -0.4 is 4.74 Å². The zero-order valence-corrected chi connectivity index (χ0v) is 20.6. The fraction of sp³-hybridized carbons (Fsp3) is 0.250. The van der Waals surface area contributed by atoms with Crippen molar-refractivity contribution < 1.29 is 19.4 Å². The molecule has 0 bridgehead atoms. The van der Waals surface area contributed by atoms with Crippen molar-refractivity contribution in [2.45, 2.75) is 39.3 Å². The van der Waals surface area contributed by atoms with Crippen LogP contribution >= 0.6 is 11.6 Å². The van der Waals surface area contributed by atoms with Crippen molar-refractivity contribution in [1.29, 1.82) is 0 Å². The zero-order valence-electron chi connectivity index (χ0n) is 19.9. The summed E-state index contributed by atoms with van der Waals surface area (Å²) < 4.78 is 5.55. The number of halogens is 1. The summed E-state index contributed by atoms with van der Waals surface area (Å²) in [6.45, 7) is 6.63. The van der Waals surface area contributed by atoms with E-state index in [-0.39, 0.29) is 28.5 Å².